The Hall–Kier alpha value is 0.0900. The Bertz CT molecular complexity index is 328. The van der Waals surface area contributed by atoms with E-state index in [1.54, 1.807) is 28.4 Å². The summed E-state index contributed by atoms with van der Waals surface area (Å²) >= 11 is 0. The lowest BCUT2D eigenvalue weighted by molar-refractivity contribution is -0.121. The van der Waals surface area contributed by atoms with Gasteiger partial charge in [-0.25, -0.2) is 0 Å². The van der Waals surface area contributed by atoms with E-state index in [1.165, 1.54) is 0 Å². The van der Waals surface area contributed by atoms with Gasteiger partial charge < -0.3 is 29.1 Å². The zero-order valence-electron chi connectivity index (χ0n) is 15.7. The normalized spacial score (nSPS) is 14.4. The van der Waals surface area contributed by atoms with Crippen molar-refractivity contribution >= 4 is 22.7 Å². The van der Waals surface area contributed by atoms with E-state index in [-0.39, 0.29) is 18.0 Å². The fourth-order valence-corrected chi connectivity index (χ4v) is 3.75. The molecule has 24 heavy (non-hydrogen) atoms. The number of nitrogens with zero attached hydrogens (tertiary/aromatic N) is 1. The number of hydrogen-bond acceptors (Lipinski definition) is 7. The standard InChI is InChI=1S/C14H33N3O5P2/c1-7-14(2,15)8-9-16-13(18)10-17(11-23(19-3)20-4)12-24(21-5)22-6/h7-12,15H2,1-6H3,(H,16,18). The van der Waals surface area contributed by atoms with Crippen molar-refractivity contribution in [3.8, 4) is 0 Å². The second-order valence-electron chi connectivity index (χ2n) is 5.62. The third-order valence-electron chi connectivity index (χ3n) is 3.64. The number of carbonyl (C=O) groups excluding carboxylic acids is 1. The van der Waals surface area contributed by atoms with Crippen LogP contribution in [0.2, 0.25) is 0 Å². The van der Waals surface area contributed by atoms with Crippen LogP contribution < -0.4 is 11.1 Å². The van der Waals surface area contributed by atoms with E-state index in [2.05, 4.69) is 5.32 Å². The van der Waals surface area contributed by atoms with Crippen LogP contribution in [0.15, 0.2) is 0 Å². The molecule has 0 heterocycles. The molecular formula is C14H33N3O5P2. The molecule has 3 N–H and O–H groups in total. The first-order chi connectivity index (χ1) is 11.3. The summed E-state index contributed by atoms with van der Waals surface area (Å²) in [5.41, 5.74) is 5.83. The van der Waals surface area contributed by atoms with Crippen LogP contribution in [0, 0.1) is 0 Å². The molecule has 1 unspecified atom stereocenters. The largest absolute Gasteiger partial charge is 0.355 e. The molecule has 0 aliphatic rings. The average Bonchev–Trinajstić information content (AvgIpc) is 2.56. The molecule has 0 aromatic carbocycles. The van der Waals surface area contributed by atoms with Gasteiger partial charge in [0.1, 0.15) is 0 Å². The lowest BCUT2D eigenvalue weighted by Crippen LogP contribution is -2.42. The second kappa shape index (κ2) is 13.3. The summed E-state index contributed by atoms with van der Waals surface area (Å²) in [6.07, 6.45) is 2.61. The van der Waals surface area contributed by atoms with Crippen molar-refractivity contribution in [2.75, 3.05) is 54.1 Å². The first kappa shape index (κ1) is 24.1. The molecule has 0 aromatic rings. The summed E-state index contributed by atoms with van der Waals surface area (Å²) in [5.74, 6) is -0.0637. The van der Waals surface area contributed by atoms with E-state index in [1.807, 2.05) is 18.7 Å². The molecule has 10 heteroatoms. The van der Waals surface area contributed by atoms with Gasteiger partial charge in [0.25, 0.3) is 0 Å². The maximum Gasteiger partial charge on any atom is 0.234 e. The molecular weight excluding hydrogens is 352 g/mol. The van der Waals surface area contributed by atoms with Gasteiger partial charge >= 0.3 is 0 Å². The number of nitrogens with two attached hydrogens (primary N) is 1. The van der Waals surface area contributed by atoms with Gasteiger partial charge in [0.2, 0.25) is 5.91 Å². The van der Waals surface area contributed by atoms with E-state index in [4.69, 9.17) is 23.8 Å². The first-order valence-corrected chi connectivity index (χ1v) is 10.5. The van der Waals surface area contributed by atoms with Crippen LogP contribution in [0.25, 0.3) is 0 Å². The zero-order valence-corrected chi connectivity index (χ0v) is 17.5. The van der Waals surface area contributed by atoms with Gasteiger partial charge in [0.05, 0.1) is 19.1 Å². The van der Waals surface area contributed by atoms with E-state index in [0.29, 0.717) is 19.1 Å². The maximum absolute atomic E-state index is 12.2. The van der Waals surface area contributed by atoms with E-state index in [0.717, 1.165) is 12.8 Å². The highest BCUT2D eigenvalue weighted by atomic mass is 31.2. The Morgan fingerprint density at radius 2 is 1.54 bits per heavy atom. The van der Waals surface area contributed by atoms with Crippen LogP contribution in [0.4, 0.5) is 0 Å². The molecule has 0 saturated carbocycles. The molecule has 0 spiro atoms. The minimum Gasteiger partial charge on any atom is -0.355 e. The van der Waals surface area contributed by atoms with E-state index in [9.17, 15) is 4.79 Å². The van der Waals surface area contributed by atoms with Gasteiger partial charge in [-0.3, -0.25) is 9.69 Å². The molecule has 144 valence electrons. The smallest absolute Gasteiger partial charge is 0.234 e. The predicted octanol–water partition coefficient (Wildman–Crippen LogP) is 2.05. The number of amides is 1. The molecule has 0 aromatic heterocycles. The molecule has 0 aliphatic carbocycles. The number of carbonyl (C=O) groups is 1. The van der Waals surface area contributed by atoms with Gasteiger partial charge in [-0.1, -0.05) is 6.92 Å². The second-order valence-corrected chi connectivity index (χ2v) is 8.97. The Labute approximate surface area is 148 Å². The van der Waals surface area contributed by atoms with Crippen molar-refractivity contribution in [3.63, 3.8) is 0 Å². The minimum absolute atomic E-state index is 0.0637. The Morgan fingerprint density at radius 3 is 1.92 bits per heavy atom. The molecule has 0 fully saturated rings. The van der Waals surface area contributed by atoms with Gasteiger partial charge in [0.15, 0.2) is 16.8 Å². The highest BCUT2D eigenvalue weighted by Crippen LogP contribution is 2.41. The lowest BCUT2D eigenvalue weighted by Gasteiger charge is -2.27. The van der Waals surface area contributed by atoms with Crippen LogP contribution >= 0.6 is 16.8 Å². The van der Waals surface area contributed by atoms with Crippen LogP contribution in [-0.4, -0.2) is 70.4 Å². The van der Waals surface area contributed by atoms with Crippen LogP contribution in [0.1, 0.15) is 26.7 Å². The monoisotopic (exact) mass is 385 g/mol. The van der Waals surface area contributed by atoms with E-state index < -0.39 is 16.8 Å². The minimum atomic E-state index is -1.08. The maximum atomic E-state index is 12.2. The van der Waals surface area contributed by atoms with Crippen molar-refractivity contribution in [2.24, 2.45) is 5.73 Å². The summed E-state index contributed by atoms with van der Waals surface area (Å²) in [4.78, 5) is 14.1. The molecule has 0 saturated heterocycles. The summed E-state index contributed by atoms with van der Waals surface area (Å²) in [6, 6.07) is 0. The molecule has 8 nitrogen and oxygen atoms in total. The van der Waals surface area contributed by atoms with Crippen molar-refractivity contribution < 1.29 is 22.9 Å². The van der Waals surface area contributed by atoms with Gasteiger partial charge in [-0.15, -0.1) is 0 Å². The SMILES string of the molecule is CCC(C)(N)CCNC(=O)CN(CP(OC)OC)CP(OC)OC. The fourth-order valence-electron chi connectivity index (χ4n) is 1.77. The average molecular weight is 385 g/mol. The van der Waals surface area contributed by atoms with Crippen molar-refractivity contribution in [3.05, 3.63) is 0 Å². The Balaban J connectivity index is 4.52. The van der Waals surface area contributed by atoms with Crippen LogP contribution in [0.5, 0.6) is 0 Å². The third-order valence-corrected chi connectivity index (χ3v) is 6.53. The molecule has 0 rings (SSSR count). The molecule has 0 aliphatic heterocycles. The van der Waals surface area contributed by atoms with Crippen molar-refractivity contribution in [1.82, 2.24) is 10.2 Å². The quantitative estimate of drug-likeness (QED) is 0.442. The van der Waals surface area contributed by atoms with Crippen LogP contribution in [0.3, 0.4) is 0 Å². The van der Waals surface area contributed by atoms with Crippen molar-refractivity contribution in [1.29, 1.82) is 0 Å². The van der Waals surface area contributed by atoms with Gasteiger partial charge in [0, 0.05) is 40.5 Å². The molecule has 0 bridgehead atoms. The lowest BCUT2D eigenvalue weighted by atomic mass is 9.96. The van der Waals surface area contributed by atoms with E-state index >= 15 is 0 Å². The summed E-state index contributed by atoms with van der Waals surface area (Å²) in [5, 5.41) is 2.91. The first-order valence-electron chi connectivity index (χ1n) is 7.81. The molecule has 0 radical (unpaired) electrons. The fraction of sp³-hybridized carbons (Fsp3) is 0.929. The predicted molar refractivity (Wildman–Crippen MR) is 98.8 cm³/mol. The number of rotatable bonds is 14. The molecule has 1 atom stereocenters. The summed E-state index contributed by atoms with van der Waals surface area (Å²) in [6.45, 7) is 4.81. The summed E-state index contributed by atoms with van der Waals surface area (Å²) in [7, 11) is 4.22. The Morgan fingerprint density at radius 1 is 1.08 bits per heavy atom. The number of nitrogens with one attached hydrogen (secondary N) is 1. The topological polar surface area (TPSA) is 95.3 Å². The Kier molecular flexibility index (Phi) is 13.4. The highest BCUT2D eigenvalue weighted by molar-refractivity contribution is 7.48. The highest BCUT2D eigenvalue weighted by Gasteiger charge is 2.22. The summed E-state index contributed by atoms with van der Waals surface area (Å²) < 4.78 is 21.1. The van der Waals surface area contributed by atoms with Gasteiger partial charge in [-0.2, -0.15) is 0 Å². The zero-order chi connectivity index (χ0) is 18.6. The van der Waals surface area contributed by atoms with Gasteiger partial charge in [-0.05, 0) is 19.8 Å². The number of hydrogen-bond donors (Lipinski definition) is 2. The molecule has 1 amide bonds. The van der Waals surface area contributed by atoms with Crippen molar-refractivity contribution in [2.45, 2.75) is 32.2 Å². The third kappa shape index (κ3) is 10.9. The van der Waals surface area contributed by atoms with Crippen LogP contribution in [-0.2, 0) is 22.9 Å².